The lowest BCUT2D eigenvalue weighted by molar-refractivity contribution is 0.0845. The first-order valence-corrected chi connectivity index (χ1v) is 5.44. The number of rotatable bonds is 0. The minimum Gasteiger partial charge on any atom is -0.381 e. The van der Waals surface area contributed by atoms with Crippen LogP contribution in [-0.2, 0) is 0 Å². The highest BCUT2D eigenvalue weighted by Gasteiger charge is 2.43. The van der Waals surface area contributed by atoms with E-state index in [0.29, 0.717) is 11.1 Å². The quantitative estimate of drug-likeness (QED) is 0.640. The molecule has 0 bridgehead atoms. The Morgan fingerprint density at radius 3 is 1.61 bits per heavy atom. The number of benzene rings is 1. The Labute approximate surface area is 102 Å². The first-order chi connectivity index (χ1) is 8.59. The molecule has 2 atom stereocenters. The second kappa shape index (κ2) is 3.49. The number of Topliss-reactive ketones (excluding diaryl/α,β-unsaturated/α-hetero) is 2. The minimum atomic E-state index is -0.875. The van der Waals surface area contributed by atoms with Gasteiger partial charge in [-0.1, -0.05) is 24.3 Å². The first-order valence-electron chi connectivity index (χ1n) is 5.44. The Bertz CT molecular complexity index is 578. The summed E-state index contributed by atoms with van der Waals surface area (Å²) < 4.78 is 0. The smallest absolute Gasteiger partial charge is 0.190 e. The zero-order chi connectivity index (χ0) is 12.9. The molecule has 0 saturated heterocycles. The fourth-order valence-corrected chi connectivity index (χ4v) is 2.21. The minimum absolute atomic E-state index is 0.0109. The lowest BCUT2D eigenvalue weighted by Gasteiger charge is -2.28. The van der Waals surface area contributed by atoms with Crippen LogP contribution in [0.25, 0.3) is 0 Å². The van der Waals surface area contributed by atoms with Gasteiger partial charge in [-0.2, -0.15) is 0 Å². The van der Waals surface area contributed by atoms with Crippen molar-refractivity contribution in [3.05, 3.63) is 35.4 Å². The number of aliphatic imine (C=N–C) groups is 2. The summed E-state index contributed by atoms with van der Waals surface area (Å²) in [6.45, 7) is 0. The van der Waals surface area contributed by atoms with Crippen molar-refractivity contribution in [2.24, 2.45) is 21.5 Å². The van der Waals surface area contributed by atoms with Gasteiger partial charge in [0.2, 0.25) is 0 Å². The zero-order valence-electron chi connectivity index (χ0n) is 9.33. The molecule has 4 N–H and O–H groups in total. The number of amidine groups is 2. The van der Waals surface area contributed by atoms with Gasteiger partial charge in [-0.3, -0.25) is 19.6 Å². The van der Waals surface area contributed by atoms with E-state index >= 15 is 0 Å². The third-order valence-electron chi connectivity index (χ3n) is 3.11. The fourth-order valence-electron chi connectivity index (χ4n) is 2.21. The van der Waals surface area contributed by atoms with Gasteiger partial charge in [-0.15, -0.1) is 0 Å². The van der Waals surface area contributed by atoms with Crippen molar-refractivity contribution in [2.45, 2.75) is 12.1 Å². The van der Waals surface area contributed by atoms with E-state index in [-0.39, 0.29) is 23.2 Å². The summed E-state index contributed by atoms with van der Waals surface area (Å²) in [5.74, 6) is -0.461. The SMILES string of the molecule is NC1=NC2C(=O)c3ccccc3C(=O)C2N=C1N. The fraction of sp³-hybridized carbons (Fsp3) is 0.167. The van der Waals surface area contributed by atoms with Crippen molar-refractivity contribution in [1.29, 1.82) is 0 Å². The van der Waals surface area contributed by atoms with Crippen LogP contribution in [0.5, 0.6) is 0 Å². The average Bonchev–Trinajstić information content (AvgIpc) is 2.38. The molecular formula is C12H10N4O2. The van der Waals surface area contributed by atoms with Crippen LogP contribution in [0.4, 0.5) is 0 Å². The molecule has 0 saturated carbocycles. The molecule has 0 aromatic heterocycles. The number of fused-ring (bicyclic) bond motifs is 2. The van der Waals surface area contributed by atoms with E-state index in [0.717, 1.165) is 0 Å². The van der Waals surface area contributed by atoms with Gasteiger partial charge in [0.1, 0.15) is 12.1 Å². The Morgan fingerprint density at radius 1 is 0.833 bits per heavy atom. The molecule has 90 valence electrons. The van der Waals surface area contributed by atoms with Crippen LogP contribution in [0.2, 0.25) is 0 Å². The number of carbonyl (C=O) groups is 2. The molecule has 0 spiro atoms. The molecule has 1 aliphatic carbocycles. The van der Waals surface area contributed by atoms with E-state index in [1.807, 2.05) is 0 Å². The third kappa shape index (κ3) is 1.29. The number of hydrogen-bond donors (Lipinski definition) is 2. The molecule has 1 aromatic rings. The Hall–Kier alpha value is -2.50. The van der Waals surface area contributed by atoms with Crippen LogP contribution >= 0.6 is 0 Å². The molecule has 0 fully saturated rings. The summed E-state index contributed by atoms with van der Waals surface area (Å²) in [6.07, 6.45) is 0. The number of ketones is 2. The highest BCUT2D eigenvalue weighted by molar-refractivity contribution is 6.41. The number of hydrogen-bond acceptors (Lipinski definition) is 6. The number of nitrogens with zero attached hydrogens (tertiary/aromatic N) is 2. The predicted octanol–water partition coefficient (Wildman–Crippen LogP) is -0.469. The summed E-state index contributed by atoms with van der Waals surface area (Å²) >= 11 is 0. The van der Waals surface area contributed by atoms with E-state index in [1.165, 1.54) is 0 Å². The van der Waals surface area contributed by atoms with Crippen molar-refractivity contribution < 1.29 is 9.59 Å². The molecule has 0 radical (unpaired) electrons. The Balaban J connectivity index is 2.19. The highest BCUT2D eigenvalue weighted by Crippen LogP contribution is 2.27. The van der Waals surface area contributed by atoms with E-state index in [1.54, 1.807) is 24.3 Å². The van der Waals surface area contributed by atoms with E-state index in [9.17, 15) is 9.59 Å². The molecule has 6 nitrogen and oxygen atoms in total. The Morgan fingerprint density at radius 2 is 1.22 bits per heavy atom. The third-order valence-corrected chi connectivity index (χ3v) is 3.11. The van der Waals surface area contributed by atoms with Gasteiger partial charge < -0.3 is 11.5 Å². The highest BCUT2D eigenvalue weighted by atomic mass is 16.1. The van der Waals surface area contributed by atoms with Crippen LogP contribution in [0.15, 0.2) is 34.3 Å². The van der Waals surface area contributed by atoms with Gasteiger partial charge in [0.05, 0.1) is 0 Å². The summed E-state index contributed by atoms with van der Waals surface area (Å²) in [6, 6.07) is 4.88. The molecule has 3 rings (SSSR count). The van der Waals surface area contributed by atoms with Crippen LogP contribution in [0.1, 0.15) is 20.7 Å². The maximum atomic E-state index is 12.2. The molecule has 18 heavy (non-hydrogen) atoms. The number of nitrogens with two attached hydrogens (primary N) is 2. The van der Waals surface area contributed by atoms with E-state index in [4.69, 9.17) is 11.5 Å². The standard InChI is InChI=1S/C12H10N4O2/c13-11-12(14)16-8-7(15-11)9(17)5-3-1-2-4-6(5)10(8)18/h1-4,7-8H,(H2,13,15)(H2,14,16). The zero-order valence-corrected chi connectivity index (χ0v) is 9.33. The normalized spacial score (nSPS) is 26.0. The van der Waals surface area contributed by atoms with Crippen molar-refractivity contribution in [3.8, 4) is 0 Å². The van der Waals surface area contributed by atoms with Gasteiger partial charge in [-0.05, 0) is 0 Å². The largest absolute Gasteiger partial charge is 0.381 e. The van der Waals surface area contributed by atoms with E-state index in [2.05, 4.69) is 9.98 Å². The van der Waals surface area contributed by atoms with Gasteiger partial charge >= 0.3 is 0 Å². The summed E-state index contributed by atoms with van der Waals surface area (Å²) in [7, 11) is 0. The summed E-state index contributed by atoms with van der Waals surface area (Å²) in [5, 5.41) is 0. The molecule has 1 heterocycles. The second-order valence-corrected chi connectivity index (χ2v) is 4.19. The molecule has 1 aromatic carbocycles. The lowest BCUT2D eigenvalue weighted by Crippen LogP contribution is -2.50. The van der Waals surface area contributed by atoms with Crippen molar-refractivity contribution in [3.63, 3.8) is 0 Å². The molecule has 2 unspecified atom stereocenters. The molecule has 6 heteroatoms. The average molecular weight is 242 g/mol. The van der Waals surface area contributed by atoms with E-state index < -0.39 is 12.1 Å². The van der Waals surface area contributed by atoms with Crippen LogP contribution in [0.3, 0.4) is 0 Å². The van der Waals surface area contributed by atoms with Gasteiger partial charge in [0.15, 0.2) is 23.2 Å². The van der Waals surface area contributed by atoms with Crippen molar-refractivity contribution in [2.75, 3.05) is 0 Å². The van der Waals surface area contributed by atoms with Crippen LogP contribution in [0, 0.1) is 0 Å². The maximum absolute atomic E-state index is 12.2. The first kappa shape index (κ1) is 10.6. The topological polar surface area (TPSA) is 111 Å². The van der Waals surface area contributed by atoms with Gasteiger partial charge in [0.25, 0.3) is 0 Å². The predicted molar refractivity (Wildman–Crippen MR) is 65.9 cm³/mol. The van der Waals surface area contributed by atoms with Crippen molar-refractivity contribution in [1.82, 2.24) is 0 Å². The number of carbonyl (C=O) groups excluding carboxylic acids is 2. The van der Waals surface area contributed by atoms with Crippen LogP contribution < -0.4 is 11.5 Å². The molecular weight excluding hydrogens is 232 g/mol. The maximum Gasteiger partial charge on any atom is 0.190 e. The molecule has 2 aliphatic rings. The molecule has 0 amide bonds. The van der Waals surface area contributed by atoms with Crippen molar-refractivity contribution >= 4 is 23.2 Å². The van der Waals surface area contributed by atoms with Gasteiger partial charge in [0, 0.05) is 11.1 Å². The molecule has 1 aliphatic heterocycles. The lowest BCUT2D eigenvalue weighted by atomic mass is 9.82. The second-order valence-electron chi connectivity index (χ2n) is 4.19. The monoisotopic (exact) mass is 242 g/mol. The Kier molecular flexibility index (Phi) is 2.07. The van der Waals surface area contributed by atoms with Gasteiger partial charge in [-0.25, -0.2) is 0 Å². The summed E-state index contributed by atoms with van der Waals surface area (Å²) in [5.41, 5.74) is 11.8. The summed E-state index contributed by atoms with van der Waals surface area (Å²) in [4.78, 5) is 32.4. The van der Waals surface area contributed by atoms with Crippen LogP contribution in [-0.4, -0.2) is 35.3 Å².